The van der Waals surface area contributed by atoms with Gasteiger partial charge in [-0.3, -0.25) is 0 Å². The van der Waals surface area contributed by atoms with Gasteiger partial charge in [0.1, 0.15) is 0 Å². The van der Waals surface area contributed by atoms with Gasteiger partial charge in [0.25, 0.3) is 0 Å². The van der Waals surface area contributed by atoms with Crippen molar-refractivity contribution >= 4 is 79.8 Å². The van der Waals surface area contributed by atoms with Crippen molar-refractivity contribution < 1.29 is 18.9 Å². The molecule has 0 fully saturated rings. The minimum absolute atomic E-state index is 0.311. The fraction of sp³-hybridized carbons (Fsp3) is 0.222. The van der Waals surface area contributed by atoms with Crippen LogP contribution < -0.4 is 0 Å². The summed E-state index contributed by atoms with van der Waals surface area (Å²) in [5.41, 5.74) is 2.70. The maximum atomic E-state index is 5.37. The average Bonchev–Trinajstić information content (AvgIpc) is 2.69. The predicted molar refractivity (Wildman–Crippen MR) is 119 cm³/mol. The molecule has 0 aliphatic rings. The first kappa shape index (κ1) is 20.6. The summed E-state index contributed by atoms with van der Waals surface area (Å²) in [6.07, 6.45) is 0. The monoisotopic (exact) mass is 424 g/mol. The SMILES string of the molecule is COC(=S)c1ccc(C(=S)OC)c2c(C(=S)OC)ccc(C(=S)OC)c12. The largest absolute Gasteiger partial charge is 0.486 e. The predicted octanol–water partition coefficient (Wildman–Crippen LogP) is 4.13. The number of hydrogen-bond donors (Lipinski definition) is 0. The number of methoxy groups -OCH3 is 4. The molecule has 0 unspecified atom stereocenters. The van der Waals surface area contributed by atoms with Gasteiger partial charge in [-0.1, -0.05) is 0 Å². The van der Waals surface area contributed by atoms with Crippen molar-refractivity contribution in [3.8, 4) is 0 Å². The Kier molecular flexibility index (Phi) is 6.94. The molecule has 0 radical (unpaired) electrons. The second-order valence-corrected chi connectivity index (χ2v) is 6.52. The summed E-state index contributed by atoms with van der Waals surface area (Å²) in [6.45, 7) is 0. The van der Waals surface area contributed by atoms with Crippen molar-refractivity contribution in [1.82, 2.24) is 0 Å². The molecule has 2 aromatic rings. The molecule has 4 nitrogen and oxygen atoms in total. The Morgan fingerprint density at radius 1 is 0.500 bits per heavy atom. The first-order chi connectivity index (χ1) is 12.4. The van der Waals surface area contributed by atoms with Gasteiger partial charge in [-0.05, 0) is 73.1 Å². The zero-order chi connectivity index (χ0) is 19.4. The highest BCUT2D eigenvalue weighted by Crippen LogP contribution is 2.32. The van der Waals surface area contributed by atoms with E-state index in [2.05, 4.69) is 0 Å². The van der Waals surface area contributed by atoms with Crippen LogP contribution in [0.2, 0.25) is 0 Å². The molecule has 0 atom stereocenters. The number of benzene rings is 2. The molecule has 0 heterocycles. The van der Waals surface area contributed by atoms with Crippen LogP contribution in [0.25, 0.3) is 10.8 Å². The molecule has 0 N–H and O–H groups in total. The molecule has 0 spiro atoms. The lowest BCUT2D eigenvalue weighted by Crippen LogP contribution is -2.13. The fourth-order valence-corrected chi connectivity index (χ4v) is 3.30. The average molecular weight is 425 g/mol. The highest BCUT2D eigenvalue weighted by molar-refractivity contribution is 7.81. The Labute approximate surface area is 173 Å². The van der Waals surface area contributed by atoms with Crippen LogP contribution in [-0.4, -0.2) is 48.6 Å². The molecule has 0 amide bonds. The zero-order valence-corrected chi connectivity index (χ0v) is 17.8. The van der Waals surface area contributed by atoms with Crippen LogP contribution in [-0.2, 0) is 18.9 Å². The molecular formula is C18H16O4S4. The number of thiocarbonyl (C=S) groups is 4. The molecule has 0 saturated heterocycles. The van der Waals surface area contributed by atoms with Crippen molar-refractivity contribution in [2.24, 2.45) is 0 Å². The third kappa shape index (κ3) is 3.68. The van der Waals surface area contributed by atoms with Crippen LogP contribution in [0.3, 0.4) is 0 Å². The number of rotatable bonds is 4. The van der Waals surface area contributed by atoms with Crippen LogP contribution in [0.1, 0.15) is 22.3 Å². The minimum Gasteiger partial charge on any atom is -0.486 e. The van der Waals surface area contributed by atoms with Crippen molar-refractivity contribution in [3.05, 3.63) is 46.5 Å². The summed E-state index contributed by atoms with van der Waals surface area (Å²) < 4.78 is 21.1. The second-order valence-electron chi connectivity index (χ2n) is 5.04. The van der Waals surface area contributed by atoms with E-state index in [0.717, 1.165) is 10.8 Å². The number of ether oxygens (including phenoxy) is 4. The molecule has 0 aromatic heterocycles. The molecule has 0 saturated carbocycles. The molecule has 2 rings (SSSR count). The van der Waals surface area contributed by atoms with Gasteiger partial charge in [0.05, 0.1) is 28.4 Å². The van der Waals surface area contributed by atoms with E-state index in [9.17, 15) is 0 Å². The van der Waals surface area contributed by atoms with Crippen molar-refractivity contribution in [1.29, 1.82) is 0 Å². The molecule has 136 valence electrons. The lowest BCUT2D eigenvalue weighted by Gasteiger charge is -2.18. The lowest BCUT2D eigenvalue weighted by molar-refractivity contribution is 0.414. The summed E-state index contributed by atoms with van der Waals surface area (Å²) in [5.74, 6) is 0. The van der Waals surface area contributed by atoms with Gasteiger partial charge in [0.2, 0.25) is 0 Å². The van der Waals surface area contributed by atoms with E-state index < -0.39 is 0 Å². The van der Waals surface area contributed by atoms with Crippen LogP contribution in [0, 0.1) is 0 Å². The van der Waals surface area contributed by atoms with E-state index in [0.29, 0.717) is 42.5 Å². The normalized spacial score (nSPS) is 10.2. The first-order valence-electron chi connectivity index (χ1n) is 7.34. The zero-order valence-electron chi connectivity index (χ0n) is 14.6. The molecule has 0 bridgehead atoms. The van der Waals surface area contributed by atoms with Crippen LogP contribution in [0.5, 0.6) is 0 Å². The minimum atomic E-state index is 0.311. The van der Waals surface area contributed by atoms with Crippen LogP contribution in [0.15, 0.2) is 24.3 Å². The maximum Gasteiger partial charge on any atom is 0.191 e. The Hall–Kier alpha value is -1.74. The highest BCUT2D eigenvalue weighted by Gasteiger charge is 2.22. The second kappa shape index (κ2) is 8.77. The Balaban J connectivity index is 3.10. The van der Waals surface area contributed by atoms with E-state index >= 15 is 0 Å². The van der Waals surface area contributed by atoms with Gasteiger partial charge in [-0.2, -0.15) is 0 Å². The van der Waals surface area contributed by atoms with Gasteiger partial charge in [0, 0.05) is 33.0 Å². The fourth-order valence-electron chi connectivity index (χ4n) is 2.62. The number of hydrogen-bond acceptors (Lipinski definition) is 8. The summed E-state index contributed by atoms with van der Waals surface area (Å²) in [7, 11) is 6.05. The van der Waals surface area contributed by atoms with Crippen molar-refractivity contribution in [2.75, 3.05) is 28.4 Å². The van der Waals surface area contributed by atoms with Crippen molar-refractivity contribution in [3.63, 3.8) is 0 Å². The molecular weight excluding hydrogens is 408 g/mol. The Morgan fingerprint density at radius 2 is 0.692 bits per heavy atom. The summed E-state index contributed by atoms with van der Waals surface area (Å²) in [4.78, 5) is 0. The standard InChI is InChI=1S/C18H16O4S4/c1-19-15(23)9-5-6-11(17(25)21-3)14-12(18(26)22-4)8-7-10(13(9)14)16(24)20-2/h5-8H,1-4H3. The third-order valence-electron chi connectivity index (χ3n) is 3.78. The molecule has 2 aromatic carbocycles. The maximum absolute atomic E-state index is 5.37. The Morgan fingerprint density at radius 3 is 0.846 bits per heavy atom. The van der Waals surface area contributed by atoms with Gasteiger partial charge < -0.3 is 18.9 Å². The van der Waals surface area contributed by atoms with Gasteiger partial charge in [0.15, 0.2) is 20.2 Å². The summed E-state index contributed by atoms with van der Waals surface area (Å²) in [5, 5.41) is 2.68. The van der Waals surface area contributed by atoms with Crippen molar-refractivity contribution in [2.45, 2.75) is 0 Å². The Bertz CT molecular complexity index is 776. The van der Waals surface area contributed by atoms with E-state index in [4.69, 9.17) is 67.8 Å². The van der Waals surface area contributed by atoms with E-state index in [-0.39, 0.29) is 0 Å². The smallest absolute Gasteiger partial charge is 0.191 e. The molecule has 8 heteroatoms. The third-order valence-corrected chi connectivity index (χ3v) is 5.33. The topological polar surface area (TPSA) is 36.9 Å². The van der Waals surface area contributed by atoms with Gasteiger partial charge in [-0.15, -0.1) is 0 Å². The summed E-state index contributed by atoms with van der Waals surface area (Å²) in [6, 6.07) is 7.26. The van der Waals surface area contributed by atoms with Gasteiger partial charge in [-0.25, -0.2) is 0 Å². The van der Waals surface area contributed by atoms with Crippen LogP contribution in [0.4, 0.5) is 0 Å². The first-order valence-corrected chi connectivity index (χ1v) is 8.97. The molecule has 26 heavy (non-hydrogen) atoms. The quantitative estimate of drug-likeness (QED) is 0.679. The lowest BCUT2D eigenvalue weighted by atomic mass is 9.92. The highest BCUT2D eigenvalue weighted by atomic mass is 32.1. The number of fused-ring (bicyclic) bond motifs is 1. The van der Waals surface area contributed by atoms with Crippen LogP contribution >= 0.6 is 48.9 Å². The molecule has 0 aliphatic carbocycles. The molecule has 0 aliphatic heterocycles. The van der Waals surface area contributed by atoms with Gasteiger partial charge >= 0.3 is 0 Å². The summed E-state index contributed by atoms with van der Waals surface area (Å²) >= 11 is 21.5. The van der Waals surface area contributed by atoms with E-state index in [1.54, 1.807) is 0 Å². The van der Waals surface area contributed by atoms with E-state index in [1.807, 2.05) is 24.3 Å². The van der Waals surface area contributed by atoms with E-state index in [1.165, 1.54) is 28.4 Å².